The zero-order chi connectivity index (χ0) is 21.4. The topological polar surface area (TPSA) is 102 Å². The van der Waals surface area contributed by atoms with Crippen molar-refractivity contribution in [3.63, 3.8) is 0 Å². The number of nitrogens with zero attached hydrogens (tertiary/aromatic N) is 1. The number of amides is 1. The van der Waals surface area contributed by atoms with Gasteiger partial charge in [-0.3, -0.25) is 4.79 Å². The highest BCUT2D eigenvalue weighted by Gasteiger charge is 2.19. The standard InChI is InChI=1S/C20H24N2O6S/c1-22(2)29(25,26)18-6-4-5-16(13-18)20(24)28-14-19(23)21-12-11-15-7-9-17(27-3)10-8-15/h4-10,13H,11-12,14H2,1-3H3,(H,21,23). The van der Waals surface area contributed by atoms with E-state index in [-0.39, 0.29) is 10.5 Å². The van der Waals surface area contributed by atoms with Crippen molar-refractivity contribution < 1.29 is 27.5 Å². The fourth-order valence-electron chi connectivity index (χ4n) is 2.40. The Balaban J connectivity index is 1.83. The molecule has 1 amide bonds. The lowest BCUT2D eigenvalue weighted by Gasteiger charge is -2.12. The van der Waals surface area contributed by atoms with Gasteiger partial charge in [-0.1, -0.05) is 18.2 Å². The van der Waals surface area contributed by atoms with Gasteiger partial charge in [-0.25, -0.2) is 17.5 Å². The molecule has 29 heavy (non-hydrogen) atoms. The second-order valence-corrected chi connectivity index (χ2v) is 8.49. The van der Waals surface area contributed by atoms with Gasteiger partial charge in [0.2, 0.25) is 10.0 Å². The maximum atomic E-state index is 12.1. The summed E-state index contributed by atoms with van der Waals surface area (Å²) < 4.78 is 35.4. The molecule has 0 spiro atoms. The number of esters is 1. The van der Waals surface area contributed by atoms with Crippen molar-refractivity contribution in [1.82, 2.24) is 9.62 Å². The van der Waals surface area contributed by atoms with E-state index < -0.39 is 28.5 Å². The SMILES string of the molecule is COc1ccc(CCNC(=O)COC(=O)c2cccc(S(=O)(=O)N(C)C)c2)cc1. The largest absolute Gasteiger partial charge is 0.497 e. The van der Waals surface area contributed by atoms with Crippen LogP contribution in [0.15, 0.2) is 53.4 Å². The predicted octanol–water partition coefficient (Wildman–Crippen LogP) is 1.46. The smallest absolute Gasteiger partial charge is 0.338 e. The molecular formula is C20H24N2O6S. The Bertz CT molecular complexity index is 955. The molecule has 2 rings (SSSR count). The highest BCUT2D eigenvalue weighted by atomic mass is 32.2. The fourth-order valence-corrected chi connectivity index (χ4v) is 3.35. The number of nitrogens with one attached hydrogen (secondary N) is 1. The van der Waals surface area contributed by atoms with Crippen LogP contribution in [0.4, 0.5) is 0 Å². The highest BCUT2D eigenvalue weighted by Crippen LogP contribution is 2.15. The number of sulfonamides is 1. The molecule has 156 valence electrons. The lowest BCUT2D eigenvalue weighted by atomic mass is 10.1. The van der Waals surface area contributed by atoms with Crippen LogP contribution in [-0.2, 0) is 26.0 Å². The summed E-state index contributed by atoms with van der Waals surface area (Å²) in [5.41, 5.74) is 1.08. The van der Waals surface area contributed by atoms with Crippen molar-refractivity contribution >= 4 is 21.9 Å². The van der Waals surface area contributed by atoms with Crippen LogP contribution in [0.25, 0.3) is 0 Å². The van der Waals surface area contributed by atoms with E-state index in [2.05, 4.69) is 5.32 Å². The lowest BCUT2D eigenvalue weighted by molar-refractivity contribution is -0.124. The molecule has 0 heterocycles. The van der Waals surface area contributed by atoms with Crippen molar-refractivity contribution in [2.75, 3.05) is 34.4 Å². The van der Waals surface area contributed by atoms with Crippen LogP contribution in [0.2, 0.25) is 0 Å². The molecule has 9 heteroatoms. The zero-order valence-corrected chi connectivity index (χ0v) is 17.4. The van der Waals surface area contributed by atoms with Crippen LogP contribution in [0, 0.1) is 0 Å². The Hall–Kier alpha value is -2.91. The van der Waals surface area contributed by atoms with Crippen molar-refractivity contribution in [3.8, 4) is 5.75 Å². The first-order chi connectivity index (χ1) is 13.7. The summed E-state index contributed by atoms with van der Waals surface area (Å²) in [6.45, 7) is -0.0641. The average molecular weight is 420 g/mol. The van der Waals surface area contributed by atoms with Gasteiger partial charge < -0.3 is 14.8 Å². The van der Waals surface area contributed by atoms with Crippen LogP contribution >= 0.6 is 0 Å². The molecule has 0 aliphatic rings. The van der Waals surface area contributed by atoms with Gasteiger partial charge in [0, 0.05) is 20.6 Å². The number of ether oxygens (including phenoxy) is 2. The molecular weight excluding hydrogens is 396 g/mol. The molecule has 0 bridgehead atoms. The zero-order valence-electron chi connectivity index (χ0n) is 16.5. The number of hydrogen-bond donors (Lipinski definition) is 1. The van der Waals surface area contributed by atoms with Crippen molar-refractivity contribution in [2.24, 2.45) is 0 Å². The first kappa shape index (κ1) is 22.4. The van der Waals surface area contributed by atoms with E-state index in [0.717, 1.165) is 15.6 Å². The Morgan fingerprint density at radius 1 is 1.07 bits per heavy atom. The molecule has 0 aromatic heterocycles. The minimum Gasteiger partial charge on any atom is -0.497 e. The molecule has 8 nitrogen and oxygen atoms in total. The van der Waals surface area contributed by atoms with E-state index >= 15 is 0 Å². The fraction of sp³-hybridized carbons (Fsp3) is 0.300. The summed E-state index contributed by atoms with van der Waals surface area (Å²) in [5, 5.41) is 2.67. The normalized spacial score (nSPS) is 11.2. The third-order valence-corrected chi connectivity index (χ3v) is 5.89. The molecule has 2 aromatic carbocycles. The molecule has 0 atom stereocenters. The quantitative estimate of drug-likeness (QED) is 0.617. The van der Waals surface area contributed by atoms with Crippen LogP contribution < -0.4 is 10.1 Å². The van der Waals surface area contributed by atoms with Crippen LogP contribution in [-0.4, -0.2) is 59.0 Å². The Morgan fingerprint density at radius 2 is 1.76 bits per heavy atom. The van der Waals surface area contributed by atoms with Crippen molar-refractivity contribution in [1.29, 1.82) is 0 Å². The summed E-state index contributed by atoms with van der Waals surface area (Å²) in [7, 11) is 0.721. The molecule has 0 aliphatic carbocycles. The predicted molar refractivity (Wildman–Crippen MR) is 107 cm³/mol. The third kappa shape index (κ3) is 6.30. The average Bonchev–Trinajstić information content (AvgIpc) is 2.72. The van der Waals surface area contributed by atoms with Crippen molar-refractivity contribution in [2.45, 2.75) is 11.3 Å². The van der Waals surface area contributed by atoms with E-state index in [1.807, 2.05) is 24.3 Å². The van der Waals surface area contributed by atoms with E-state index in [1.165, 1.54) is 38.4 Å². The summed E-state index contributed by atoms with van der Waals surface area (Å²) >= 11 is 0. The summed E-state index contributed by atoms with van der Waals surface area (Å²) in [6.07, 6.45) is 0.619. The summed E-state index contributed by atoms with van der Waals surface area (Å²) in [5.74, 6) is -0.456. The monoisotopic (exact) mass is 420 g/mol. The molecule has 0 radical (unpaired) electrons. The van der Waals surface area contributed by atoms with Gasteiger partial charge >= 0.3 is 5.97 Å². The number of methoxy groups -OCH3 is 1. The highest BCUT2D eigenvalue weighted by molar-refractivity contribution is 7.89. The van der Waals surface area contributed by atoms with Crippen LogP contribution in [0.5, 0.6) is 5.75 Å². The number of rotatable bonds is 9. The number of hydrogen-bond acceptors (Lipinski definition) is 6. The maximum Gasteiger partial charge on any atom is 0.338 e. The molecule has 0 saturated heterocycles. The van der Waals surface area contributed by atoms with Gasteiger partial charge in [-0.05, 0) is 42.3 Å². The van der Waals surface area contributed by atoms with Gasteiger partial charge in [0.1, 0.15) is 5.75 Å². The maximum absolute atomic E-state index is 12.1. The van der Waals surface area contributed by atoms with E-state index in [1.54, 1.807) is 7.11 Å². The van der Waals surface area contributed by atoms with Gasteiger partial charge in [0.25, 0.3) is 5.91 Å². The number of carbonyl (C=O) groups is 2. The van der Waals surface area contributed by atoms with E-state index in [4.69, 9.17) is 9.47 Å². The Labute approximate surface area is 170 Å². The first-order valence-corrected chi connectivity index (χ1v) is 10.3. The first-order valence-electron chi connectivity index (χ1n) is 8.83. The molecule has 1 N–H and O–H groups in total. The van der Waals surface area contributed by atoms with Crippen molar-refractivity contribution in [3.05, 3.63) is 59.7 Å². The second-order valence-electron chi connectivity index (χ2n) is 6.34. The van der Waals surface area contributed by atoms with Crippen LogP contribution in [0.3, 0.4) is 0 Å². The van der Waals surface area contributed by atoms with Crippen LogP contribution in [0.1, 0.15) is 15.9 Å². The van der Waals surface area contributed by atoms with Gasteiger partial charge in [-0.2, -0.15) is 0 Å². The van der Waals surface area contributed by atoms with E-state index in [9.17, 15) is 18.0 Å². The molecule has 0 saturated carbocycles. The number of carbonyl (C=O) groups excluding carboxylic acids is 2. The Kier molecular flexibility index (Phi) is 7.74. The Morgan fingerprint density at radius 3 is 2.38 bits per heavy atom. The summed E-state index contributed by atoms with van der Waals surface area (Å²) in [4.78, 5) is 24.0. The molecule has 2 aromatic rings. The van der Waals surface area contributed by atoms with Gasteiger partial charge in [0.15, 0.2) is 6.61 Å². The second kappa shape index (κ2) is 10.0. The van der Waals surface area contributed by atoms with Gasteiger partial charge in [-0.15, -0.1) is 0 Å². The van der Waals surface area contributed by atoms with Gasteiger partial charge in [0.05, 0.1) is 17.6 Å². The molecule has 0 aliphatic heterocycles. The summed E-state index contributed by atoms with van der Waals surface area (Å²) in [6, 6.07) is 13.0. The molecule has 0 fully saturated rings. The van der Waals surface area contributed by atoms with E-state index in [0.29, 0.717) is 13.0 Å². The minimum absolute atomic E-state index is 0.0270. The minimum atomic E-state index is -3.67. The molecule has 0 unspecified atom stereocenters. The third-order valence-electron chi connectivity index (χ3n) is 4.08. The lowest BCUT2D eigenvalue weighted by Crippen LogP contribution is -2.30. The number of benzene rings is 2.